The second-order valence-corrected chi connectivity index (χ2v) is 6.05. The summed E-state index contributed by atoms with van der Waals surface area (Å²) in [6.45, 7) is 6.15. The van der Waals surface area contributed by atoms with Crippen molar-refractivity contribution in [2.45, 2.75) is 52.2 Å². The molecule has 8 nitrogen and oxygen atoms in total. The topological polar surface area (TPSA) is 124 Å². The molecule has 0 bridgehead atoms. The molecular weight excluding hydrogens is 298 g/mol. The molecule has 0 aromatic carbocycles. The van der Waals surface area contributed by atoms with Crippen LogP contribution in [0.3, 0.4) is 0 Å². The molecule has 1 aliphatic heterocycles. The van der Waals surface area contributed by atoms with Gasteiger partial charge in [0.25, 0.3) is 5.56 Å². The van der Waals surface area contributed by atoms with Gasteiger partial charge >= 0.3 is 0 Å². The van der Waals surface area contributed by atoms with Gasteiger partial charge in [-0.3, -0.25) is 19.5 Å². The SMILES string of the molecule is CCC(C)CC(=O)N1c2c(nc(N)[nH]c2=O)NCC1C(O)CC. The average molecular weight is 323 g/mol. The normalized spacial score (nSPS) is 19.7. The van der Waals surface area contributed by atoms with Crippen LogP contribution in [0, 0.1) is 5.92 Å². The molecule has 1 aromatic heterocycles. The van der Waals surface area contributed by atoms with Crippen molar-refractivity contribution in [3.8, 4) is 0 Å². The number of nitrogens with zero attached hydrogens (tertiary/aromatic N) is 2. The van der Waals surface area contributed by atoms with Crippen LogP contribution in [0.15, 0.2) is 4.79 Å². The Morgan fingerprint density at radius 3 is 2.78 bits per heavy atom. The lowest BCUT2D eigenvalue weighted by atomic mass is 9.99. The molecule has 2 heterocycles. The minimum Gasteiger partial charge on any atom is -0.391 e. The summed E-state index contributed by atoms with van der Waals surface area (Å²) in [6.07, 6.45) is 0.928. The number of aromatic amines is 1. The van der Waals surface area contributed by atoms with E-state index in [1.165, 1.54) is 4.90 Å². The summed E-state index contributed by atoms with van der Waals surface area (Å²) in [7, 11) is 0. The highest BCUT2D eigenvalue weighted by molar-refractivity contribution is 5.97. The molecular formula is C15H25N5O3. The lowest BCUT2D eigenvalue weighted by Crippen LogP contribution is -2.55. The maximum Gasteiger partial charge on any atom is 0.278 e. The standard InChI is InChI=1S/C15H25N5O3/c1-4-8(3)6-11(22)20-9(10(21)5-2)7-17-13-12(20)14(23)19-15(16)18-13/h8-10,21H,4-7H2,1-3H3,(H4,16,17,18,19,23). The van der Waals surface area contributed by atoms with Crippen molar-refractivity contribution >= 4 is 23.4 Å². The molecule has 1 aliphatic rings. The second-order valence-electron chi connectivity index (χ2n) is 6.05. The average Bonchev–Trinajstić information content (AvgIpc) is 2.52. The first-order chi connectivity index (χ1) is 10.9. The molecule has 0 fully saturated rings. The fraction of sp³-hybridized carbons (Fsp3) is 0.667. The Morgan fingerprint density at radius 2 is 2.17 bits per heavy atom. The van der Waals surface area contributed by atoms with Gasteiger partial charge in [-0.05, 0) is 12.3 Å². The van der Waals surface area contributed by atoms with Gasteiger partial charge in [0.2, 0.25) is 11.9 Å². The smallest absolute Gasteiger partial charge is 0.278 e. The van der Waals surface area contributed by atoms with Gasteiger partial charge in [0.05, 0.1) is 12.1 Å². The molecule has 0 radical (unpaired) electrons. The quantitative estimate of drug-likeness (QED) is 0.632. The monoisotopic (exact) mass is 323 g/mol. The number of amides is 1. The van der Waals surface area contributed by atoms with E-state index in [0.29, 0.717) is 19.4 Å². The van der Waals surface area contributed by atoms with E-state index in [-0.39, 0.29) is 29.3 Å². The van der Waals surface area contributed by atoms with Gasteiger partial charge in [-0.1, -0.05) is 27.2 Å². The number of carbonyl (C=O) groups is 1. The van der Waals surface area contributed by atoms with Gasteiger partial charge in [-0.2, -0.15) is 4.98 Å². The van der Waals surface area contributed by atoms with Crippen LogP contribution in [0.1, 0.15) is 40.0 Å². The third-order valence-corrected chi connectivity index (χ3v) is 4.32. The fourth-order valence-electron chi connectivity index (χ4n) is 2.72. The number of aliphatic hydroxyl groups is 1. The molecule has 0 spiro atoms. The summed E-state index contributed by atoms with van der Waals surface area (Å²) < 4.78 is 0. The van der Waals surface area contributed by atoms with Crippen LogP contribution in [-0.2, 0) is 4.79 Å². The second kappa shape index (κ2) is 6.99. The van der Waals surface area contributed by atoms with Gasteiger partial charge in [-0.15, -0.1) is 0 Å². The zero-order valence-corrected chi connectivity index (χ0v) is 13.8. The number of rotatable bonds is 5. The van der Waals surface area contributed by atoms with Crippen molar-refractivity contribution in [2.24, 2.45) is 5.92 Å². The number of H-pyrrole nitrogens is 1. The van der Waals surface area contributed by atoms with Crippen LogP contribution in [-0.4, -0.2) is 39.7 Å². The highest BCUT2D eigenvalue weighted by Gasteiger charge is 2.37. The van der Waals surface area contributed by atoms with Gasteiger partial charge in [0.15, 0.2) is 11.5 Å². The van der Waals surface area contributed by atoms with Crippen LogP contribution >= 0.6 is 0 Å². The van der Waals surface area contributed by atoms with E-state index in [4.69, 9.17) is 5.73 Å². The predicted octanol–water partition coefficient (Wildman–Crippen LogP) is 0.686. The Hall–Kier alpha value is -2.09. The number of nitrogens with two attached hydrogens (primary N) is 1. The highest BCUT2D eigenvalue weighted by Crippen LogP contribution is 2.29. The van der Waals surface area contributed by atoms with Gasteiger partial charge in [0, 0.05) is 13.0 Å². The number of aliphatic hydroxyl groups excluding tert-OH is 1. The highest BCUT2D eigenvalue weighted by atomic mass is 16.3. The number of anilines is 3. The summed E-state index contributed by atoms with van der Waals surface area (Å²) in [5.41, 5.74) is 5.22. The van der Waals surface area contributed by atoms with Crippen molar-refractivity contribution in [2.75, 3.05) is 22.5 Å². The molecule has 128 valence electrons. The van der Waals surface area contributed by atoms with Crippen molar-refractivity contribution in [1.82, 2.24) is 9.97 Å². The maximum absolute atomic E-state index is 12.8. The number of fused-ring (bicyclic) bond motifs is 1. The molecule has 1 amide bonds. The molecule has 8 heteroatoms. The van der Waals surface area contributed by atoms with Gasteiger partial charge in [0.1, 0.15) is 0 Å². The summed E-state index contributed by atoms with van der Waals surface area (Å²) >= 11 is 0. The Labute approximate surface area is 135 Å². The number of carbonyl (C=O) groups excluding carboxylic acids is 1. The number of aromatic nitrogens is 2. The number of nitrogens with one attached hydrogen (secondary N) is 2. The van der Waals surface area contributed by atoms with Crippen LogP contribution < -0.4 is 21.5 Å². The number of hydrogen-bond acceptors (Lipinski definition) is 6. The van der Waals surface area contributed by atoms with E-state index in [2.05, 4.69) is 15.3 Å². The molecule has 2 rings (SSSR count). The first-order valence-electron chi connectivity index (χ1n) is 8.02. The molecule has 0 saturated carbocycles. The first-order valence-corrected chi connectivity index (χ1v) is 8.02. The van der Waals surface area contributed by atoms with E-state index < -0.39 is 17.7 Å². The molecule has 23 heavy (non-hydrogen) atoms. The summed E-state index contributed by atoms with van der Waals surface area (Å²) in [5, 5.41) is 13.3. The zero-order chi connectivity index (χ0) is 17.1. The van der Waals surface area contributed by atoms with Crippen molar-refractivity contribution in [1.29, 1.82) is 0 Å². The Bertz CT molecular complexity index is 630. The van der Waals surface area contributed by atoms with Crippen LogP contribution in [0.25, 0.3) is 0 Å². The lowest BCUT2D eigenvalue weighted by molar-refractivity contribution is -0.120. The van der Waals surface area contributed by atoms with Crippen LogP contribution in [0.4, 0.5) is 17.5 Å². The summed E-state index contributed by atoms with van der Waals surface area (Å²) in [5.74, 6) is 0.283. The molecule has 3 unspecified atom stereocenters. The Kier molecular flexibility index (Phi) is 5.25. The molecule has 0 saturated heterocycles. The minimum atomic E-state index is -0.728. The summed E-state index contributed by atoms with van der Waals surface area (Å²) in [4.78, 5) is 33.0. The van der Waals surface area contributed by atoms with E-state index in [1.807, 2.05) is 20.8 Å². The van der Waals surface area contributed by atoms with Crippen LogP contribution in [0.5, 0.6) is 0 Å². The summed E-state index contributed by atoms with van der Waals surface area (Å²) in [6, 6.07) is -0.504. The lowest BCUT2D eigenvalue weighted by Gasteiger charge is -2.39. The van der Waals surface area contributed by atoms with E-state index in [1.54, 1.807) is 0 Å². The largest absolute Gasteiger partial charge is 0.391 e. The van der Waals surface area contributed by atoms with E-state index in [0.717, 1.165) is 6.42 Å². The predicted molar refractivity (Wildman–Crippen MR) is 89.4 cm³/mol. The van der Waals surface area contributed by atoms with E-state index in [9.17, 15) is 14.7 Å². The molecule has 3 atom stereocenters. The molecule has 0 aliphatic carbocycles. The zero-order valence-electron chi connectivity index (χ0n) is 13.8. The van der Waals surface area contributed by atoms with Crippen molar-refractivity contribution in [3.05, 3.63) is 10.4 Å². The molecule has 5 N–H and O–H groups in total. The van der Waals surface area contributed by atoms with Crippen molar-refractivity contribution in [3.63, 3.8) is 0 Å². The third kappa shape index (κ3) is 3.47. The maximum atomic E-state index is 12.8. The van der Waals surface area contributed by atoms with Crippen LogP contribution in [0.2, 0.25) is 0 Å². The van der Waals surface area contributed by atoms with E-state index >= 15 is 0 Å². The number of nitrogen functional groups attached to an aromatic ring is 1. The Balaban J connectivity index is 2.47. The molecule has 1 aromatic rings. The van der Waals surface area contributed by atoms with Gasteiger partial charge in [-0.25, -0.2) is 0 Å². The minimum absolute atomic E-state index is 0.00920. The number of hydrogen-bond donors (Lipinski definition) is 4. The third-order valence-electron chi connectivity index (χ3n) is 4.32. The van der Waals surface area contributed by atoms with Crippen molar-refractivity contribution < 1.29 is 9.90 Å². The Morgan fingerprint density at radius 1 is 1.48 bits per heavy atom. The van der Waals surface area contributed by atoms with Gasteiger partial charge < -0.3 is 16.2 Å². The fourth-order valence-corrected chi connectivity index (χ4v) is 2.72. The first kappa shape index (κ1) is 17.3.